The van der Waals surface area contributed by atoms with Crippen molar-refractivity contribution >= 4 is 49.8 Å². The molecule has 0 radical (unpaired) electrons. The van der Waals surface area contributed by atoms with Gasteiger partial charge >= 0.3 is 0 Å². The van der Waals surface area contributed by atoms with Crippen LogP contribution in [-0.4, -0.2) is 0 Å². The number of hydrogen-bond donors (Lipinski definition) is 0. The summed E-state index contributed by atoms with van der Waals surface area (Å²) in [4.78, 5) is 2.39. The van der Waals surface area contributed by atoms with Crippen LogP contribution in [0.2, 0.25) is 0 Å². The van der Waals surface area contributed by atoms with Crippen molar-refractivity contribution in [2.75, 3.05) is 4.90 Å². The predicted molar refractivity (Wildman–Crippen MR) is 254 cm³/mol. The largest absolute Gasteiger partial charge is 0.456 e. The van der Waals surface area contributed by atoms with Gasteiger partial charge in [0.25, 0.3) is 0 Å². The summed E-state index contributed by atoms with van der Waals surface area (Å²) in [6.07, 6.45) is 0. The van der Waals surface area contributed by atoms with Crippen LogP contribution in [-0.2, 0) is 5.41 Å². The zero-order valence-corrected chi connectivity index (χ0v) is 33.4. The van der Waals surface area contributed by atoms with Gasteiger partial charge in [-0.05, 0) is 115 Å². The Bertz CT molecular complexity index is 3370. The van der Waals surface area contributed by atoms with Crippen LogP contribution in [0, 0.1) is 0 Å². The monoisotopic (exact) mass is 777 g/mol. The first-order valence-corrected chi connectivity index (χ1v) is 21.0. The molecular weight excluding hydrogens is 739 g/mol. The van der Waals surface area contributed by atoms with E-state index in [-0.39, 0.29) is 0 Å². The van der Waals surface area contributed by atoms with Gasteiger partial charge in [-0.25, -0.2) is 0 Å². The second kappa shape index (κ2) is 14.1. The molecule has 2 heteroatoms. The lowest BCUT2D eigenvalue weighted by Gasteiger charge is -2.34. The molecule has 10 aromatic carbocycles. The van der Waals surface area contributed by atoms with Crippen molar-refractivity contribution in [1.29, 1.82) is 0 Å². The molecule has 61 heavy (non-hydrogen) atoms. The van der Waals surface area contributed by atoms with Crippen molar-refractivity contribution in [2.45, 2.75) is 5.41 Å². The highest BCUT2D eigenvalue weighted by Crippen LogP contribution is 2.57. The summed E-state index contributed by atoms with van der Waals surface area (Å²) in [5, 5.41) is 4.66. The van der Waals surface area contributed by atoms with Crippen molar-refractivity contribution in [3.8, 4) is 33.4 Å². The lowest BCUT2D eigenvalue weighted by atomic mass is 9.67. The Labute approximate surface area is 355 Å². The molecule has 286 valence electrons. The van der Waals surface area contributed by atoms with E-state index < -0.39 is 5.41 Å². The number of nitrogens with zero attached hydrogens (tertiary/aromatic N) is 1. The molecular formula is C59H39NO. The van der Waals surface area contributed by atoms with E-state index in [1.807, 2.05) is 6.07 Å². The Morgan fingerprint density at radius 3 is 1.77 bits per heavy atom. The molecule has 2 nitrogen and oxygen atoms in total. The van der Waals surface area contributed by atoms with Crippen LogP contribution in [0.4, 0.5) is 17.1 Å². The summed E-state index contributed by atoms with van der Waals surface area (Å²) in [5.74, 6) is 0. The maximum Gasteiger partial charge on any atom is 0.137 e. The first-order valence-electron chi connectivity index (χ1n) is 21.0. The Morgan fingerprint density at radius 2 is 0.951 bits per heavy atom. The Morgan fingerprint density at radius 1 is 0.344 bits per heavy atom. The molecule has 0 saturated carbocycles. The second-order valence-corrected chi connectivity index (χ2v) is 16.0. The maximum absolute atomic E-state index is 6.45. The third-order valence-electron chi connectivity index (χ3n) is 12.7. The van der Waals surface area contributed by atoms with Gasteiger partial charge in [-0.1, -0.05) is 188 Å². The minimum Gasteiger partial charge on any atom is -0.456 e. The van der Waals surface area contributed by atoms with Crippen LogP contribution in [0.5, 0.6) is 0 Å². The van der Waals surface area contributed by atoms with Gasteiger partial charge in [0.1, 0.15) is 11.2 Å². The third kappa shape index (κ3) is 5.50. The number of furan rings is 1. The van der Waals surface area contributed by atoms with Crippen LogP contribution in [0.25, 0.3) is 66.1 Å². The van der Waals surface area contributed by atoms with Crippen LogP contribution in [0.1, 0.15) is 22.3 Å². The first kappa shape index (κ1) is 35.0. The Balaban J connectivity index is 1.02. The summed E-state index contributed by atoms with van der Waals surface area (Å²) in [5.41, 5.74) is 16.9. The number of fused-ring (bicyclic) bond motifs is 7. The van der Waals surface area contributed by atoms with Gasteiger partial charge in [0.05, 0.1) is 16.5 Å². The summed E-state index contributed by atoms with van der Waals surface area (Å²) >= 11 is 0. The molecule has 1 heterocycles. The summed E-state index contributed by atoms with van der Waals surface area (Å²) in [6, 6.07) is 86.0. The highest BCUT2D eigenvalue weighted by atomic mass is 16.3. The standard InChI is InChI=1S/C59H39NO/c1-3-19-44(20-4-1)59(45-21-5-2-6-22-45)53-28-11-9-25-50(53)51-37-34-42(39-54(51)59)40-32-35-46(36-33-40)60(55-29-15-31-57-58(55)52-26-10-12-30-56(52)61-57)47-23-13-18-43(38-47)49-27-14-17-41-16-7-8-24-48(41)49/h1-39H. The van der Waals surface area contributed by atoms with Gasteiger partial charge in [0.2, 0.25) is 0 Å². The SMILES string of the molecule is c1ccc(C2(c3ccccc3)c3ccccc3-c3ccc(-c4ccc(N(c5cccc(-c6cccc7ccccc67)c5)c5cccc6oc7ccccc7c56)cc4)cc32)cc1. The lowest BCUT2D eigenvalue weighted by Crippen LogP contribution is -2.28. The van der Waals surface area contributed by atoms with E-state index in [0.717, 1.165) is 44.6 Å². The molecule has 0 bridgehead atoms. The van der Waals surface area contributed by atoms with Gasteiger partial charge in [-0.15, -0.1) is 0 Å². The van der Waals surface area contributed by atoms with Crippen LogP contribution >= 0.6 is 0 Å². The topological polar surface area (TPSA) is 16.4 Å². The summed E-state index contributed by atoms with van der Waals surface area (Å²) in [7, 11) is 0. The average Bonchev–Trinajstić information content (AvgIpc) is 3.87. The van der Waals surface area contributed by atoms with Crippen molar-refractivity contribution in [3.63, 3.8) is 0 Å². The molecule has 0 unspecified atom stereocenters. The van der Waals surface area contributed by atoms with E-state index in [0.29, 0.717) is 0 Å². The Kier molecular flexibility index (Phi) is 8.11. The molecule has 1 aliphatic rings. The molecule has 0 atom stereocenters. The lowest BCUT2D eigenvalue weighted by molar-refractivity contribution is 0.669. The third-order valence-corrected chi connectivity index (χ3v) is 12.7. The first-order chi connectivity index (χ1) is 30.3. The minimum absolute atomic E-state index is 0.456. The fraction of sp³-hybridized carbons (Fsp3) is 0.0169. The van der Waals surface area contributed by atoms with Gasteiger partial charge < -0.3 is 9.32 Å². The van der Waals surface area contributed by atoms with E-state index in [2.05, 4.69) is 235 Å². The number of para-hydroxylation sites is 1. The van der Waals surface area contributed by atoms with Crippen LogP contribution in [0.15, 0.2) is 241 Å². The highest BCUT2D eigenvalue weighted by molar-refractivity contribution is 6.13. The van der Waals surface area contributed by atoms with Crippen molar-refractivity contribution in [3.05, 3.63) is 259 Å². The number of benzene rings is 10. The predicted octanol–water partition coefficient (Wildman–Crippen LogP) is 15.9. The number of rotatable bonds is 7. The molecule has 0 amide bonds. The minimum atomic E-state index is -0.456. The zero-order chi connectivity index (χ0) is 40.3. The van der Waals surface area contributed by atoms with E-state index in [4.69, 9.17) is 4.42 Å². The quantitative estimate of drug-likeness (QED) is 0.160. The van der Waals surface area contributed by atoms with Crippen molar-refractivity contribution in [1.82, 2.24) is 0 Å². The summed E-state index contributed by atoms with van der Waals surface area (Å²) in [6.45, 7) is 0. The normalized spacial score (nSPS) is 12.7. The zero-order valence-electron chi connectivity index (χ0n) is 33.4. The fourth-order valence-electron chi connectivity index (χ4n) is 10.1. The molecule has 12 rings (SSSR count). The maximum atomic E-state index is 6.45. The van der Waals surface area contributed by atoms with Crippen LogP contribution in [0.3, 0.4) is 0 Å². The molecule has 0 fully saturated rings. The van der Waals surface area contributed by atoms with E-state index >= 15 is 0 Å². The number of hydrogen-bond acceptors (Lipinski definition) is 2. The van der Waals surface area contributed by atoms with Gasteiger partial charge in [0.15, 0.2) is 0 Å². The fourth-order valence-corrected chi connectivity index (χ4v) is 10.1. The van der Waals surface area contributed by atoms with Crippen LogP contribution < -0.4 is 4.90 Å². The summed E-state index contributed by atoms with van der Waals surface area (Å²) < 4.78 is 6.45. The van der Waals surface area contributed by atoms with Gasteiger partial charge in [0, 0.05) is 16.8 Å². The molecule has 0 spiro atoms. The molecule has 11 aromatic rings. The average molecular weight is 778 g/mol. The Hall–Kier alpha value is -7.94. The van der Waals surface area contributed by atoms with Gasteiger partial charge in [-0.3, -0.25) is 0 Å². The highest BCUT2D eigenvalue weighted by Gasteiger charge is 2.46. The molecule has 0 saturated heterocycles. The van der Waals surface area contributed by atoms with E-state index in [1.54, 1.807) is 0 Å². The van der Waals surface area contributed by atoms with E-state index in [9.17, 15) is 0 Å². The van der Waals surface area contributed by atoms with Gasteiger partial charge in [-0.2, -0.15) is 0 Å². The molecule has 1 aromatic heterocycles. The van der Waals surface area contributed by atoms with E-state index in [1.165, 1.54) is 60.8 Å². The van der Waals surface area contributed by atoms with Crippen molar-refractivity contribution in [2.24, 2.45) is 0 Å². The molecule has 1 aliphatic carbocycles. The number of anilines is 3. The smallest absolute Gasteiger partial charge is 0.137 e. The molecule has 0 N–H and O–H groups in total. The molecule has 0 aliphatic heterocycles. The second-order valence-electron chi connectivity index (χ2n) is 16.0. The van der Waals surface area contributed by atoms with Crippen molar-refractivity contribution < 1.29 is 4.42 Å².